The fourth-order valence-corrected chi connectivity index (χ4v) is 2.50. The van der Waals surface area contributed by atoms with Gasteiger partial charge in [0.25, 0.3) is 0 Å². The predicted octanol–water partition coefficient (Wildman–Crippen LogP) is 4.79. The van der Waals surface area contributed by atoms with E-state index in [-0.39, 0.29) is 0 Å². The van der Waals surface area contributed by atoms with Gasteiger partial charge in [-0.1, -0.05) is 36.0 Å². The summed E-state index contributed by atoms with van der Waals surface area (Å²) in [7, 11) is 0. The summed E-state index contributed by atoms with van der Waals surface area (Å²) in [4.78, 5) is 0. The number of allylic oxidation sites excluding steroid dienone is 6. The van der Waals surface area contributed by atoms with Crippen LogP contribution in [-0.2, 0) is 0 Å². The molecule has 0 aromatic rings. The average Bonchev–Trinajstić information content (AvgIpc) is 2.32. The summed E-state index contributed by atoms with van der Waals surface area (Å²) in [5.41, 5.74) is 1.58. The molecule has 0 spiro atoms. The Labute approximate surface area is 93.8 Å². The van der Waals surface area contributed by atoms with Gasteiger partial charge in [0.1, 0.15) is 0 Å². The minimum absolute atomic E-state index is 0.912. The lowest BCUT2D eigenvalue weighted by atomic mass is 9.91. The molecule has 2 aliphatic rings. The summed E-state index contributed by atoms with van der Waals surface area (Å²) in [6, 6.07) is 0. The van der Waals surface area contributed by atoms with Crippen molar-refractivity contribution in [1.82, 2.24) is 0 Å². The molecule has 0 bridgehead atoms. The highest BCUT2D eigenvalue weighted by atomic mass is 14.1. The second-order valence-corrected chi connectivity index (χ2v) is 4.81. The zero-order valence-electron chi connectivity index (χ0n) is 9.62. The van der Waals surface area contributed by atoms with Crippen LogP contribution in [0.4, 0.5) is 0 Å². The lowest BCUT2D eigenvalue weighted by Crippen LogP contribution is -2.00. The van der Waals surface area contributed by atoms with E-state index in [1.165, 1.54) is 51.4 Å². The second-order valence-electron chi connectivity index (χ2n) is 4.81. The van der Waals surface area contributed by atoms with Gasteiger partial charge in [0.05, 0.1) is 0 Å². The average molecular weight is 202 g/mol. The van der Waals surface area contributed by atoms with E-state index in [0.717, 1.165) is 5.92 Å². The molecule has 0 nitrogen and oxygen atoms in total. The van der Waals surface area contributed by atoms with E-state index < -0.39 is 0 Å². The largest absolute Gasteiger partial charge is 0.0885 e. The van der Waals surface area contributed by atoms with Crippen LogP contribution in [0, 0.1) is 5.92 Å². The highest BCUT2D eigenvalue weighted by Gasteiger charge is 2.07. The standard InChI is InChI=1S/C15H22/c1-3-8-14(9-4-1)12-7-13-15-10-5-2-6-11-15/h1,3,7,10,13-14H,2,4-6,8-9,11-12H2. The first kappa shape index (κ1) is 10.7. The van der Waals surface area contributed by atoms with Crippen LogP contribution in [0.25, 0.3) is 0 Å². The molecule has 0 aromatic heterocycles. The van der Waals surface area contributed by atoms with Gasteiger partial charge < -0.3 is 0 Å². The van der Waals surface area contributed by atoms with Crippen molar-refractivity contribution in [1.29, 1.82) is 0 Å². The van der Waals surface area contributed by atoms with Crippen molar-refractivity contribution in [2.24, 2.45) is 5.92 Å². The topological polar surface area (TPSA) is 0 Å². The summed E-state index contributed by atoms with van der Waals surface area (Å²) in [5.74, 6) is 0.912. The van der Waals surface area contributed by atoms with Crippen LogP contribution in [0.5, 0.6) is 0 Å². The Morgan fingerprint density at radius 1 is 1.20 bits per heavy atom. The Hall–Kier alpha value is -0.780. The second kappa shape index (κ2) is 5.95. The van der Waals surface area contributed by atoms with Gasteiger partial charge in [0.2, 0.25) is 0 Å². The molecule has 0 N–H and O–H groups in total. The van der Waals surface area contributed by atoms with Crippen LogP contribution in [-0.4, -0.2) is 0 Å². The van der Waals surface area contributed by atoms with Crippen molar-refractivity contribution in [3.8, 4) is 0 Å². The molecule has 0 fully saturated rings. The maximum atomic E-state index is 2.42. The van der Waals surface area contributed by atoms with Crippen LogP contribution >= 0.6 is 0 Å². The number of hydrogen-bond acceptors (Lipinski definition) is 0. The number of hydrogen-bond donors (Lipinski definition) is 0. The molecule has 0 amide bonds. The third-order valence-corrected chi connectivity index (χ3v) is 3.51. The van der Waals surface area contributed by atoms with Crippen molar-refractivity contribution in [2.45, 2.75) is 51.4 Å². The van der Waals surface area contributed by atoms with Gasteiger partial charge in [-0.05, 0) is 57.3 Å². The summed E-state index contributed by atoms with van der Waals surface area (Å²) in [6.07, 6.45) is 22.5. The van der Waals surface area contributed by atoms with Gasteiger partial charge in [-0.15, -0.1) is 0 Å². The van der Waals surface area contributed by atoms with Crippen molar-refractivity contribution in [2.75, 3.05) is 0 Å². The predicted molar refractivity (Wildman–Crippen MR) is 66.8 cm³/mol. The van der Waals surface area contributed by atoms with Crippen LogP contribution in [0.1, 0.15) is 51.4 Å². The molecule has 2 rings (SSSR count). The maximum absolute atomic E-state index is 2.42. The van der Waals surface area contributed by atoms with E-state index in [4.69, 9.17) is 0 Å². The van der Waals surface area contributed by atoms with Gasteiger partial charge in [0.15, 0.2) is 0 Å². The smallest absolute Gasteiger partial charge is 0.0282 e. The molecule has 0 heteroatoms. The van der Waals surface area contributed by atoms with Crippen molar-refractivity contribution >= 4 is 0 Å². The van der Waals surface area contributed by atoms with Crippen molar-refractivity contribution < 1.29 is 0 Å². The lowest BCUT2D eigenvalue weighted by molar-refractivity contribution is 0.486. The molecular formula is C15H22. The molecule has 0 saturated carbocycles. The minimum atomic E-state index is 0.912. The van der Waals surface area contributed by atoms with Crippen LogP contribution in [0.2, 0.25) is 0 Å². The lowest BCUT2D eigenvalue weighted by Gasteiger charge is -2.15. The Kier molecular flexibility index (Phi) is 4.25. The van der Waals surface area contributed by atoms with Crippen molar-refractivity contribution in [3.63, 3.8) is 0 Å². The fraction of sp³-hybridized carbons (Fsp3) is 0.600. The molecule has 2 aliphatic carbocycles. The van der Waals surface area contributed by atoms with E-state index in [2.05, 4.69) is 30.4 Å². The molecule has 1 atom stereocenters. The zero-order valence-corrected chi connectivity index (χ0v) is 9.62. The molecule has 0 saturated heterocycles. The zero-order chi connectivity index (χ0) is 10.3. The van der Waals surface area contributed by atoms with E-state index >= 15 is 0 Å². The van der Waals surface area contributed by atoms with Gasteiger partial charge in [-0.3, -0.25) is 0 Å². The highest BCUT2D eigenvalue weighted by molar-refractivity contribution is 5.20. The summed E-state index contributed by atoms with van der Waals surface area (Å²) < 4.78 is 0. The quantitative estimate of drug-likeness (QED) is 0.577. The highest BCUT2D eigenvalue weighted by Crippen LogP contribution is 2.23. The molecule has 0 radical (unpaired) electrons. The van der Waals surface area contributed by atoms with E-state index in [9.17, 15) is 0 Å². The maximum Gasteiger partial charge on any atom is -0.0282 e. The molecule has 0 aliphatic heterocycles. The molecule has 0 heterocycles. The van der Waals surface area contributed by atoms with Gasteiger partial charge in [-0.2, -0.15) is 0 Å². The monoisotopic (exact) mass is 202 g/mol. The molecule has 82 valence electrons. The van der Waals surface area contributed by atoms with Crippen LogP contribution < -0.4 is 0 Å². The summed E-state index contributed by atoms with van der Waals surface area (Å²) in [6.45, 7) is 0. The molecule has 0 aromatic carbocycles. The Morgan fingerprint density at radius 3 is 2.93 bits per heavy atom. The van der Waals surface area contributed by atoms with Crippen molar-refractivity contribution in [3.05, 3.63) is 36.0 Å². The normalized spacial score (nSPS) is 26.9. The van der Waals surface area contributed by atoms with Gasteiger partial charge >= 0.3 is 0 Å². The van der Waals surface area contributed by atoms with Gasteiger partial charge in [0, 0.05) is 0 Å². The number of rotatable bonds is 3. The Balaban J connectivity index is 1.74. The van der Waals surface area contributed by atoms with E-state index in [1.807, 2.05) is 0 Å². The van der Waals surface area contributed by atoms with Crippen LogP contribution in [0.15, 0.2) is 36.0 Å². The minimum Gasteiger partial charge on any atom is -0.0885 e. The Morgan fingerprint density at radius 2 is 2.20 bits per heavy atom. The third-order valence-electron chi connectivity index (χ3n) is 3.51. The first-order valence-electron chi connectivity index (χ1n) is 6.46. The first-order chi connectivity index (χ1) is 7.45. The molecule has 15 heavy (non-hydrogen) atoms. The third kappa shape index (κ3) is 3.70. The summed E-state index contributed by atoms with van der Waals surface area (Å²) >= 11 is 0. The van der Waals surface area contributed by atoms with Gasteiger partial charge in [-0.25, -0.2) is 0 Å². The van der Waals surface area contributed by atoms with Crippen LogP contribution in [0.3, 0.4) is 0 Å². The molecular weight excluding hydrogens is 180 g/mol. The van der Waals surface area contributed by atoms with E-state index in [1.54, 1.807) is 5.57 Å². The summed E-state index contributed by atoms with van der Waals surface area (Å²) in [5, 5.41) is 0. The fourth-order valence-electron chi connectivity index (χ4n) is 2.50. The SMILES string of the molecule is C1=CCC(CC=CC2=CCCCC2)CC1. The van der Waals surface area contributed by atoms with E-state index in [0.29, 0.717) is 0 Å². The first-order valence-corrected chi connectivity index (χ1v) is 6.46. The molecule has 1 unspecified atom stereocenters. The Bertz CT molecular complexity index is 268.